The van der Waals surface area contributed by atoms with E-state index in [2.05, 4.69) is 19.2 Å². The van der Waals surface area contributed by atoms with Crippen LogP contribution in [0, 0.1) is 5.92 Å². The third kappa shape index (κ3) is 4.43. The van der Waals surface area contributed by atoms with Gasteiger partial charge in [-0.3, -0.25) is 0 Å². The average Bonchev–Trinajstić information content (AvgIpc) is 2.42. The first-order valence-corrected chi connectivity index (χ1v) is 6.19. The molecule has 2 heteroatoms. The molecule has 2 nitrogen and oxygen atoms in total. The van der Waals surface area contributed by atoms with Crippen molar-refractivity contribution < 1.29 is 0 Å². The lowest BCUT2D eigenvalue weighted by atomic mass is 10.0. The minimum atomic E-state index is 0.318. The Morgan fingerprint density at radius 2 is 1.71 bits per heavy atom. The van der Waals surface area contributed by atoms with Crippen LogP contribution in [0.3, 0.4) is 0 Å². The third-order valence-electron chi connectivity index (χ3n) is 3.35. The van der Waals surface area contributed by atoms with Crippen molar-refractivity contribution in [2.45, 2.75) is 64.5 Å². The van der Waals surface area contributed by atoms with E-state index in [1.54, 1.807) is 0 Å². The molecule has 0 aromatic heterocycles. The van der Waals surface area contributed by atoms with Gasteiger partial charge in [-0.1, -0.05) is 39.5 Å². The van der Waals surface area contributed by atoms with Crippen molar-refractivity contribution in [1.82, 2.24) is 5.32 Å². The van der Waals surface area contributed by atoms with Gasteiger partial charge in [-0.15, -0.1) is 0 Å². The van der Waals surface area contributed by atoms with Crippen molar-refractivity contribution >= 4 is 0 Å². The van der Waals surface area contributed by atoms with Gasteiger partial charge in [-0.2, -0.15) is 0 Å². The molecule has 14 heavy (non-hydrogen) atoms. The van der Waals surface area contributed by atoms with Gasteiger partial charge >= 0.3 is 0 Å². The molecule has 0 saturated heterocycles. The summed E-state index contributed by atoms with van der Waals surface area (Å²) >= 11 is 0. The van der Waals surface area contributed by atoms with E-state index in [0.717, 1.165) is 12.6 Å². The number of nitrogens with two attached hydrogens (primary N) is 1. The smallest absolute Gasteiger partial charge is 0.0188 e. The first-order chi connectivity index (χ1) is 6.70. The van der Waals surface area contributed by atoms with Crippen LogP contribution in [0.25, 0.3) is 0 Å². The van der Waals surface area contributed by atoms with E-state index in [-0.39, 0.29) is 0 Å². The van der Waals surface area contributed by atoms with E-state index >= 15 is 0 Å². The van der Waals surface area contributed by atoms with Crippen molar-refractivity contribution in [1.29, 1.82) is 0 Å². The van der Waals surface area contributed by atoms with Crippen LogP contribution in [-0.4, -0.2) is 18.6 Å². The minimum Gasteiger partial charge on any atom is -0.326 e. The molecule has 0 aromatic carbocycles. The van der Waals surface area contributed by atoms with Crippen molar-refractivity contribution in [2.75, 3.05) is 6.54 Å². The first kappa shape index (κ1) is 12.0. The molecule has 0 aliphatic heterocycles. The van der Waals surface area contributed by atoms with Crippen LogP contribution >= 0.6 is 0 Å². The third-order valence-corrected chi connectivity index (χ3v) is 3.35. The number of hydrogen-bond donors (Lipinski definition) is 2. The fourth-order valence-electron chi connectivity index (χ4n) is 2.02. The van der Waals surface area contributed by atoms with Crippen LogP contribution in [0.5, 0.6) is 0 Å². The van der Waals surface area contributed by atoms with Crippen LogP contribution in [0.1, 0.15) is 52.4 Å². The van der Waals surface area contributed by atoms with E-state index in [0.29, 0.717) is 12.0 Å². The van der Waals surface area contributed by atoms with E-state index < -0.39 is 0 Å². The second-order valence-electron chi connectivity index (χ2n) is 5.00. The maximum Gasteiger partial charge on any atom is 0.0188 e. The molecule has 1 aliphatic rings. The molecular formula is C12H26N2. The van der Waals surface area contributed by atoms with Crippen LogP contribution in [0.2, 0.25) is 0 Å². The summed E-state index contributed by atoms with van der Waals surface area (Å²) in [5.41, 5.74) is 6.01. The zero-order chi connectivity index (χ0) is 10.4. The van der Waals surface area contributed by atoms with E-state index in [1.807, 2.05) is 0 Å². The molecule has 0 heterocycles. The number of nitrogens with one attached hydrogen (secondary N) is 1. The molecule has 0 aromatic rings. The monoisotopic (exact) mass is 198 g/mol. The van der Waals surface area contributed by atoms with Crippen molar-refractivity contribution in [3.8, 4) is 0 Å². The highest BCUT2D eigenvalue weighted by atomic mass is 14.9. The van der Waals surface area contributed by atoms with Gasteiger partial charge in [0, 0.05) is 18.6 Å². The molecule has 1 atom stereocenters. The molecule has 1 aliphatic carbocycles. The summed E-state index contributed by atoms with van der Waals surface area (Å²) in [4.78, 5) is 0. The molecule has 0 spiro atoms. The van der Waals surface area contributed by atoms with E-state index in [4.69, 9.17) is 5.73 Å². The normalized spacial score (nSPS) is 22.3. The fraction of sp³-hybridized carbons (Fsp3) is 1.00. The minimum absolute atomic E-state index is 0.318. The Bertz CT molecular complexity index is 137. The molecule has 0 amide bonds. The number of hydrogen-bond acceptors (Lipinski definition) is 2. The zero-order valence-corrected chi connectivity index (χ0v) is 9.76. The van der Waals surface area contributed by atoms with Crippen LogP contribution in [0.15, 0.2) is 0 Å². The first-order valence-electron chi connectivity index (χ1n) is 6.19. The lowest BCUT2D eigenvalue weighted by Gasteiger charge is -2.21. The molecule has 1 fully saturated rings. The lowest BCUT2D eigenvalue weighted by molar-refractivity contribution is 0.397. The highest BCUT2D eigenvalue weighted by Gasteiger charge is 2.13. The van der Waals surface area contributed by atoms with Crippen molar-refractivity contribution in [3.63, 3.8) is 0 Å². The summed E-state index contributed by atoms with van der Waals surface area (Å²) in [6.45, 7) is 5.38. The van der Waals surface area contributed by atoms with Crippen molar-refractivity contribution in [2.24, 2.45) is 11.7 Å². The summed E-state index contributed by atoms with van der Waals surface area (Å²) < 4.78 is 0. The maximum absolute atomic E-state index is 6.01. The molecular weight excluding hydrogens is 172 g/mol. The Hall–Kier alpha value is -0.0800. The second kappa shape index (κ2) is 6.41. The Labute approximate surface area is 88.6 Å². The van der Waals surface area contributed by atoms with Gasteiger partial charge < -0.3 is 11.1 Å². The highest BCUT2D eigenvalue weighted by molar-refractivity contribution is 4.75. The average molecular weight is 198 g/mol. The van der Waals surface area contributed by atoms with Crippen molar-refractivity contribution in [3.05, 3.63) is 0 Å². The molecule has 1 rings (SSSR count). The van der Waals surface area contributed by atoms with Crippen LogP contribution in [0.4, 0.5) is 0 Å². The predicted molar refractivity (Wildman–Crippen MR) is 62.3 cm³/mol. The van der Waals surface area contributed by atoms with Gasteiger partial charge in [0.05, 0.1) is 0 Å². The Kier molecular flexibility index (Phi) is 5.49. The maximum atomic E-state index is 6.01. The molecule has 0 radical (unpaired) electrons. The molecule has 1 saturated carbocycles. The zero-order valence-electron chi connectivity index (χ0n) is 9.76. The van der Waals surface area contributed by atoms with E-state index in [9.17, 15) is 0 Å². The molecule has 3 N–H and O–H groups in total. The quantitative estimate of drug-likeness (QED) is 0.680. The van der Waals surface area contributed by atoms with Gasteiger partial charge in [-0.25, -0.2) is 0 Å². The molecule has 1 unspecified atom stereocenters. The molecule has 84 valence electrons. The van der Waals surface area contributed by atoms with Gasteiger partial charge in [0.2, 0.25) is 0 Å². The van der Waals surface area contributed by atoms with Gasteiger partial charge in [-0.05, 0) is 18.8 Å². The summed E-state index contributed by atoms with van der Waals surface area (Å²) in [6, 6.07) is 1.06. The SMILES string of the molecule is CC(C)C(N)CNC1CCCCCC1. The van der Waals surface area contributed by atoms with Crippen LogP contribution in [-0.2, 0) is 0 Å². The Morgan fingerprint density at radius 1 is 1.14 bits per heavy atom. The fourth-order valence-corrected chi connectivity index (χ4v) is 2.02. The summed E-state index contributed by atoms with van der Waals surface area (Å²) in [5.74, 6) is 0.591. The number of rotatable bonds is 4. The largest absolute Gasteiger partial charge is 0.326 e. The van der Waals surface area contributed by atoms with E-state index in [1.165, 1.54) is 38.5 Å². The second-order valence-corrected chi connectivity index (χ2v) is 5.00. The summed E-state index contributed by atoms with van der Waals surface area (Å²) in [5, 5.41) is 3.62. The molecule has 0 bridgehead atoms. The van der Waals surface area contributed by atoms with Gasteiger partial charge in [0.1, 0.15) is 0 Å². The Morgan fingerprint density at radius 3 is 2.21 bits per heavy atom. The lowest BCUT2D eigenvalue weighted by Crippen LogP contribution is -2.42. The standard InChI is InChI=1S/C12H26N2/c1-10(2)12(13)9-14-11-7-5-3-4-6-8-11/h10-12,14H,3-9,13H2,1-2H3. The highest BCUT2D eigenvalue weighted by Crippen LogP contribution is 2.17. The predicted octanol–water partition coefficient (Wildman–Crippen LogP) is 2.28. The summed E-state index contributed by atoms with van der Waals surface area (Å²) in [6.07, 6.45) is 8.35. The summed E-state index contributed by atoms with van der Waals surface area (Å²) in [7, 11) is 0. The van der Waals surface area contributed by atoms with Crippen LogP contribution < -0.4 is 11.1 Å². The Balaban J connectivity index is 2.15. The van der Waals surface area contributed by atoms with Gasteiger partial charge in [0.25, 0.3) is 0 Å². The van der Waals surface area contributed by atoms with Gasteiger partial charge in [0.15, 0.2) is 0 Å². The topological polar surface area (TPSA) is 38.0 Å².